The zero-order valence-corrected chi connectivity index (χ0v) is 16.0. The molecule has 1 aromatic heterocycles. The van der Waals surface area contributed by atoms with Crippen molar-refractivity contribution in [1.82, 2.24) is 9.88 Å². The standard InChI is InChI=1S/C19H18Cl2N4O2/c20-14-5-4-13(11-15(14)21)25-18(26)12-16(19(25)27)23-7-9-24(10-8-23)17-3-1-2-6-22-17/h1-6,11,16H,7-10,12H2/t16-/m1/s1. The van der Waals surface area contributed by atoms with Gasteiger partial charge in [-0.15, -0.1) is 0 Å². The van der Waals surface area contributed by atoms with Gasteiger partial charge < -0.3 is 4.90 Å². The molecule has 1 atom stereocenters. The van der Waals surface area contributed by atoms with Crippen LogP contribution in [-0.4, -0.2) is 53.9 Å². The van der Waals surface area contributed by atoms with Gasteiger partial charge in [-0.1, -0.05) is 29.3 Å². The number of halogens is 2. The van der Waals surface area contributed by atoms with Crippen LogP contribution in [0.5, 0.6) is 0 Å². The molecule has 0 radical (unpaired) electrons. The number of carbonyl (C=O) groups is 2. The number of imide groups is 1. The van der Waals surface area contributed by atoms with Crippen molar-refractivity contribution in [3.05, 3.63) is 52.6 Å². The minimum absolute atomic E-state index is 0.183. The van der Waals surface area contributed by atoms with E-state index in [1.807, 2.05) is 18.2 Å². The lowest BCUT2D eigenvalue weighted by atomic mass is 10.1. The topological polar surface area (TPSA) is 56.8 Å². The summed E-state index contributed by atoms with van der Waals surface area (Å²) < 4.78 is 0. The van der Waals surface area contributed by atoms with Crippen LogP contribution in [0, 0.1) is 0 Å². The van der Waals surface area contributed by atoms with E-state index in [2.05, 4.69) is 14.8 Å². The molecule has 2 aliphatic rings. The maximum Gasteiger partial charge on any atom is 0.251 e. The molecular weight excluding hydrogens is 387 g/mol. The molecule has 0 saturated carbocycles. The molecule has 0 bridgehead atoms. The summed E-state index contributed by atoms with van der Waals surface area (Å²) in [7, 11) is 0. The van der Waals surface area contributed by atoms with E-state index in [9.17, 15) is 9.59 Å². The number of aromatic nitrogens is 1. The molecule has 2 amide bonds. The average molecular weight is 405 g/mol. The molecule has 0 N–H and O–H groups in total. The molecule has 2 aliphatic heterocycles. The smallest absolute Gasteiger partial charge is 0.251 e. The zero-order chi connectivity index (χ0) is 19.0. The Morgan fingerprint density at radius 3 is 2.41 bits per heavy atom. The van der Waals surface area contributed by atoms with Crippen LogP contribution in [0.1, 0.15) is 6.42 Å². The number of benzene rings is 1. The first-order chi connectivity index (χ1) is 13.0. The Morgan fingerprint density at radius 2 is 1.74 bits per heavy atom. The SMILES string of the molecule is O=C1C[C@@H](N2CCN(c3ccccn3)CC2)C(=O)N1c1ccc(Cl)c(Cl)c1. The number of hydrogen-bond donors (Lipinski definition) is 0. The van der Waals surface area contributed by atoms with Crippen molar-refractivity contribution in [2.75, 3.05) is 36.0 Å². The van der Waals surface area contributed by atoms with E-state index in [0.29, 0.717) is 28.8 Å². The molecule has 1 aromatic carbocycles. The second-order valence-electron chi connectivity index (χ2n) is 6.60. The highest BCUT2D eigenvalue weighted by atomic mass is 35.5. The fourth-order valence-electron chi connectivity index (χ4n) is 3.60. The Labute approximate surface area is 167 Å². The van der Waals surface area contributed by atoms with Crippen LogP contribution >= 0.6 is 23.2 Å². The maximum absolute atomic E-state index is 12.9. The van der Waals surface area contributed by atoms with Gasteiger partial charge in [0.2, 0.25) is 5.91 Å². The molecule has 2 fully saturated rings. The van der Waals surface area contributed by atoms with Gasteiger partial charge in [-0.05, 0) is 30.3 Å². The Balaban J connectivity index is 1.45. The summed E-state index contributed by atoms with van der Waals surface area (Å²) in [5.41, 5.74) is 0.467. The maximum atomic E-state index is 12.9. The van der Waals surface area contributed by atoms with E-state index in [1.165, 1.54) is 4.90 Å². The number of pyridine rings is 1. The molecule has 2 aromatic rings. The number of nitrogens with zero attached hydrogens (tertiary/aromatic N) is 4. The second-order valence-corrected chi connectivity index (χ2v) is 7.41. The van der Waals surface area contributed by atoms with Crippen molar-refractivity contribution in [2.24, 2.45) is 0 Å². The molecule has 2 saturated heterocycles. The molecule has 4 rings (SSSR count). The van der Waals surface area contributed by atoms with Crippen LogP contribution in [0.4, 0.5) is 11.5 Å². The van der Waals surface area contributed by atoms with Gasteiger partial charge in [0.05, 0.1) is 28.2 Å². The third-order valence-electron chi connectivity index (χ3n) is 5.01. The Morgan fingerprint density at radius 1 is 0.963 bits per heavy atom. The van der Waals surface area contributed by atoms with Gasteiger partial charge in [-0.3, -0.25) is 14.5 Å². The van der Waals surface area contributed by atoms with Gasteiger partial charge in [0.15, 0.2) is 0 Å². The molecule has 3 heterocycles. The highest BCUT2D eigenvalue weighted by Crippen LogP contribution is 2.31. The molecule has 8 heteroatoms. The third kappa shape index (κ3) is 3.52. The summed E-state index contributed by atoms with van der Waals surface area (Å²) in [6.45, 7) is 2.94. The van der Waals surface area contributed by atoms with Gasteiger partial charge in [-0.25, -0.2) is 9.88 Å². The largest absolute Gasteiger partial charge is 0.354 e. The van der Waals surface area contributed by atoms with Gasteiger partial charge in [-0.2, -0.15) is 0 Å². The highest BCUT2D eigenvalue weighted by molar-refractivity contribution is 6.42. The van der Waals surface area contributed by atoms with E-state index in [-0.39, 0.29) is 18.2 Å². The van der Waals surface area contributed by atoms with Crippen molar-refractivity contribution in [3.8, 4) is 0 Å². The lowest BCUT2D eigenvalue weighted by molar-refractivity contribution is -0.123. The first-order valence-corrected chi connectivity index (χ1v) is 9.52. The van der Waals surface area contributed by atoms with Crippen molar-refractivity contribution < 1.29 is 9.59 Å². The molecule has 6 nitrogen and oxygen atoms in total. The fourth-order valence-corrected chi connectivity index (χ4v) is 3.89. The predicted octanol–water partition coefficient (Wildman–Crippen LogP) is 2.84. The average Bonchev–Trinajstić information content (AvgIpc) is 2.99. The second kappa shape index (κ2) is 7.46. The molecule has 0 aliphatic carbocycles. The summed E-state index contributed by atoms with van der Waals surface area (Å²) in [6.07, 6.45) is 1.96. The van der Waals surface area contributed by atoms with Gasteiger partial charge in [0.1, 0.15) is 5.82 Å². The third-order valence-corrected chi connectivity index (χ3v) is 5.75. The lowest BCUT2D eigenvalue weighted by Gasteiger charge is -2.37. The van der Waals surface area contributed by atoms with Crippen LogP contribution in [0.15, 0.2) is 42.6 Å². The number of carbonyl (C=O) groups excluding carboxylic acids is 2. The minimum atomic E-state index is -0.433. The fraction of sp³-hybridized carbons (Fsp3) is 0.316. The monoisotopic (exact) mass is 404 g/mol. The number of hydrogen-bond acceptors (Lipinski definition) is 5. The van der Waals surface area contributed by atoms with Crippen LogP contribution in [0.25, 0.3) is 0 Å². The van der Waals surface area contributed by atoms with Crippen molar-refractivity contribution in [2.45, 2.75) is 12.5 Å². The first kappa shape index (κ1) is 18.2. The van der Waals surface area contributed by atoms with Crippen LogP contribution in [-0.2, 0) is 9.59 Å². The summed E-state index contributed by atoms with van der Waals surface area (Å²) in [6, 6.07) is 10.2. The van der Waals surface area contributed by atoms with E-state index in [4.69, 9.17) is 23.2 Å². The predicted molar refractivity (Wildman–Crippen MR) is 105 cm³/mol. The molecule has 0 spiro atoms. The molecule has 140 valence electrons. The van der Waals surface area contributed by atoms with E-state index < -0.39 is 6.04 Å². The van der Waals surface area contributed by atoms with E-state index >= 15 is 0 Å². The quantitative estimate of drug-likeness (QED) is 0.736. The van der Waals surface area contributed by atoms with Crippen LogP contribution in [0.2, 0.25) is 10.0 Å². The first-order valence-electron chi connectivity index (χ1n) is 8.76. The Bertz CT molecular complexity index is 869. The van der Waals surface area contributed by atoms with Gasteiger partial charge in [0.25, 0.3) is 5.91 Å². The number of piperazine rings is 1. The molecular formula is C19H18Cl2N4O2. The van der Waals surface area contributed by atoms with Crippen molar-refractivity contribution >= 4 is 46.5 Å². The van der Waals surface area contributed by atoms with Gasteiger partial charge in [0, 0.05) is 32.4 Å². The minimum Gasteiger partial charge on any atom is -0.354 e. The zero-order valence-electron chi connectivity index (χ0n) is 14.5. The number of anilines is 2. The summed E-state index contributed by atoms with van der Waals surface area (Å²) >= 11 is 12.0. The summed E-state index contributed by atoms with van der Waals surface area (Å²) in [5.74, 6) is 0.517. The van der Waals surface area contributed by atoms with E-state index in [0.717, 1.165) is 18.9 Å². The van der Waals surface area contributed by atoms with Crippen molar-refractivity contribution in [3.63, 3.8) is 0 Å². The number of amides is 2. The van der Waals surface area contributed by atoms with E-state index in [1.54, 1.807) is 24.4 Å². The Kier molecular flexibility index (Phi) is 5.04. The lowest BCUT2D eigenvalue weighted by Crippen LogP contribution is -2.52. The Hall–Kier alpha value is -2.15. The van der Waals surface area contributed by atoms with Crippen molar-refractivity contribution in [1.29, 1.82) is 0 Å². The number of rotatable bonds is 3. The molecule has 0 unspecified atom stereocenters. The summed E-state index contributed by atoms with van der Waals surface area (Å²) in [4.78, 5) is 35.3. The molecule has 27 heavy (non-hydrogen) atoms. The summed E-state index contributed by atoms with van der Waals surface area (Å²) in [5, 5.41) is 0.712. The van der Waals surface area contributed by atoms with Crippen LogP contribution < -0.4 is 9.80 Å². The van der Waals surface area contributed by atoms with Gasteiger partial charge >= 0.3 is 0 Å². The highest BCUT2D eigenvalue weighted by Gasteiger charge is 2.43. The van der Waals surface area contributed by atoms with Crippen LogP contribution in [0.3, 0.4) is 0 Å². The normalized spacial score (nSPS) is 21.2.